The zero-order valence-corrected chi connectivity index (χ0v) is 13.3. The van der Waals surface area contributed by atoms with Crippen molar-refractivity contribution in [3.8, 4) is 22.9 Å². The van der Waals surface area contributed by atoms with Gasteiger partial charge in [-0.15, -0.1) is 0 Å². The van der Waals surface area contributed by atoms with Gasteiger partial charge in [-0.25, -0.2) is 0 Å². The molecule has 0 radical (unpaired) electrons. The summed E-state index contributed by atoms with van der Waals surface area (Å²) < 4.78 is 6.87. The molecule has 0 N–H and O–H groups in total. The summed E-state index contributed by atoms with van der Waals surface area (Å²) in [5.41, 5.74) is 2.93. The molecule has 2 rings (SSSR count). The number of halogens is 1. The Morgan fingerprint density at radius 1 is 0.900 bits per heavy atom. The van der Waals surface area contributed by atoms with Gasteiger partial charge in [0.05, 0.1) is 18.2 Å². The molecule has 0 saturated heterocycles. The number of rotatable bonds is 6. The van der Waals surface area contributed by atoms with Crippen molar-refractivity contribution in [1.29, 1.82) is 5.26 Å². The van der Waals surface area contributed by atoms with E-state index >= 15 is 0 Å². The van der Waals surface area contributed by atoms with E-state index in [0.717, 1.165) is 29.9 Å². The Labute approximate surface area is 133 Å². The lowest BCUT2D eigenvalue weighted by Gasteiger charge is -2.07. The third-order valence-corrected chi connectivity index (χ3v) is 3.76. The van der Waals surface area contributed by atoms with Gasteiger partial charge in [-0.1, -0.05) is 46.9 Å². The van der Waals surface area contributed by atoms with Gasteiger partial charge in [-0.2, -0.15) is 5.26 Å². The maximum absolute atomic E-state index is 8.79. The summed E-state index contributed by atoms with van der Waals surface area (Å²) in [5.74, 6) is 0.913. The summed E-state index contributed by atoms with van der Waals surface area (Å²) in [6, 6.07) is 17.8. The summed E-state index contributed by atoms with van der Waals surface area (Å²) in [6.07, 6.45) is 2.30. The minimum Gasteiger partial charge on any atom is -0.494 e. The number of nitrogens with zero attached hydrogens (tertiary/aromatic N) is 1. The molecule has 2 aromatic carbocycles. The van der Waals surface area contributed by atoms with E-state index in [2.05, 4.69) is 40.8 Å². The van der Waals surface area contributed by atoms with E-state index < -0.39 is 0 Å². The molecule has 0 fully saturated rings. The second-order valence-corrected chi connectivity index (χ2v) is 5.54. The predicted octanol–water partition coefficient (Wildman–Crippen LogP) is 4.82. The first-order valence-corrected chi connectivity index (χ1v) is 8.15. The third kappa shape index (κ3) is 4.24. The molecular formula is C17H16INO. The van der Waals surface area contributed by atoms with Gasteiger partial charge in [0.15, 0.2) is 0 Å². The second-order valence-electron chi connectivity index (χ2n) is 4.46. The molecule has 0 aliphatic heterocycles. The summed E-state index contributed by atoms with van der Waals surface area (Å²) in [5, 5.41) is 8.79. The molecular weight excluding hydrogens is 361 g/mol. The zero-order chi connectivity index (χ0) is 14.2. The molecule has 0 aliphatic rings. The van der Waals surface area contributed by atoms with Gasteiger partial charge in [0.2, 0.25) is 0 Å². The Balaban J connectivity index is 1.98. The van der Waals surface area contributed by atoms with Crippen LogP contribution in [0.25, 0.3) is 11.1 Å². The van der Waals surface area contributed by atoms with E-state index in [-0.39, 0.29) is 0 Å². The third-order valence-electron chi connectivity index (χ3n) is 3.00. The molecule has 0 amide bonds. The van der Waals surface area contributed by atoms with Crippen LogP contribution in [0.2, 0.25) is 0 Å². The van der Waals surface area contributed by atoms with E-state index in [0.29, 0.717) is 5.56 Å². The van der Waals surface area contributed by atoms with Crippen LogP contribution in [0, 0.1) is 11.3 Å². The fourth-order valence-electron chi connectivity index (χ4n) is 1.87. The van der Waals surface area contributed by atoms with Gasteiger partial charge in [-0.3, -0.25) is 0 Å². The van der Waals surface area contributed by atoms with Gasteiger partial charge in [0.1, 0.15) is 5.75 Å². The average Bonchev–Trinajstić information content (AvgIpc) is 2.52. The number of unbranched alkanes of at least 4 members (excludes halogenated alkanes) is 1. The van der Waals surface area contributed by atoms with Gasteiger partial charge < -0.3 is 4.74 Å². The minimum absolute atomic E-state index is 0.684. The Bertz CT molecular complexity index is 569. The molecule has 0 heterocycles. The van der Waals surface area contributed by atoms with Crippen molar-refractivity contribution in [2.24, 2.45) is 0 Å². The average molecular weight is 377 g/mol. The Morgan fingerprint density at radius 3 is 2.05 bits per heavy atom. The van der Waals surface area contributed by atoms with E-state index in [4.69, 9.17) is 10.00 Å². The summed E-state index contributed by atoms with van der Waals surface area (Å²) >= 11 is 2.38. The fourth-order valence-corrected chi connectivity index (χ4v) is 2.41. The lowest BCUT2D eigenvalue weighted by molar-refractivity contribution is 0.310. The highest BCUT2D eigenvalue weighted by atomic mass is 127. The van der Waals surface area contributed by atoms with Crippen LogP contribution in [-0.2, 0) is 0 Å². The Morgan fingerprint density at radius 2 is 1.50 bits per heavy atom. The predicted molar refractivity (Wildman–Crippen MR) is 90.2 cm³/mol. The van der Waals surface area contributed by atoms with Gasteiger partial charge in [-0.05, 0) is 52.7 Å². The molecule has 0 atom stereocenters. The van der Waals surface area contributed by atoms with Crippen molar-refractivity contribution < 1.29 is 4.74 Å². The van der Waals surface area contributed by atoms with Gasteiger partial charge in [0, 0.05) is 0 Å². The van der Waals surface area contributed by atoms with Crippen LogP contribution in [0.4, 0.5) is 0 Å². The minimum atomic E-state index is 0.684. The number of hydrogen-bond donors (Lipinski definition) is 0. The number of hydrogen-bond acceptors (Lipinski definition) is 2. The number of alkyl halides is 1. The highest BCUT2D eigenvalue weighted by Gasteiger charge is 1.99. The maximum Gasteiger partial charge on any atom is 0.119 e. The first-order chi connectivity index (χ1) is 9.83. The molecule has 2 nitrogen and oxygen atoms in total. The van der Waals surface area contributed by atoms with Crippen molar-refractivity contribution in [2.45, 2.75) is 12.8 Å². The van der Waals surface area contributed by atoms with Crippen molar-refractivity contribution >= 4 is 22.6 Å². The quantitative estimate of drug-likeness (QED) is 0.411. The van der Waals surface area contributed by atoms with Crippen LogP contribution in [0.3, 0.4) is 0 Å². The number of ether oxygens (including phenoxy) is 1. The summed E-state index contributed by atoms with van der Waals surface area (Å²) in [6.45, 7) is 0.777. The lowest BCUT2D eigenvalue weighted by Crippen LogP contribution is -1.97. The van der Waals surface area contributed by atoms with Crippen LogP contribution >= 0.6 is 22.6 Å². The highest BCUT2D eigenvalue weighted by molar-refractivity contribution is 14.1. The van der Waals surface area contributed by atoms with Crippen LogP contribution in [0.5, 0.6) is 5.75 Å². The summed E-state index contributed by atoms with van der Waals surface area (Å²) in [4.78, 5) is 0. The monoisotopic (exact) mass is 377 g/mol. The lowest BCUT2D eigenvalue weighted by atomic mass is 10.0. The number of nitriles is 1. The Hall–Kier alpha value is -1.54. The van der Waals surface area contributed by atoms with Gasteiger partial charge >= 0.3 is 0 Å². The molecule has 102 valence electrons. The summed E-state index contributed by atoms with van der Waals surface area (Å²) in [7, 11) is 0. The molecule has 0 aliphatic carbocycles. The number of benzene rings is 2. The molecule has 0 bridgehead atoms. The topological polar surface area (TPSA) is 33.0 Å². The van der Waals surface area contributed by atoms with Crippen molar-refractivity contribution in [1.82, 2.24) is 0 Å². The Kier molecular flexibility index (Phi) is 5.87. The molecule has 0 unspecified atom stereocenters. The molecule has 0 spiro atoms. The highest BCUT2D eigenvalue weighted by Crippen LogP contribution is 2.22. The molecule has 3 heteroatoms. The largest absolute Gasteiger partial charge is 0.494 e. The SMILES string of the molecule is N#Cc1ccc(-c2ccc(OCCCCI)cc2)cc1. The van der Waals surface area contributed by atoms with Crippen molar-refractivity contribution in [2.75, 3.05) is 11.0 Å². The van der Waals surface area contributed by atoms with Crippen molar-refractivity contribution in [3.63, 3.8) is 0 Å². The van der Waals surface area contributed by atoms with E-state index in [1.54, 1.807) is 0 Å². The molecule has 20 heavy (non-hydrogen) atoms. The van der Waals surface area contributed by atoms with Gasteiger partial charge in [0.25, 0.3) is 0 Å². The second kappa shape index (κ2) is 7.91. The maximum atomic E-state index is 8.79. The molecule has 0 aromatic heterocycles. The van der Waals surface area contributed by atoms with Crippen LogP contribution in [0.15, 0.2) is 48.5 Å². The van der Waals surface area contributed by atoms with Crippen LogP contribution in [0.1, 0.15) is 18.4 Å². The zero-order valence-electron chi connectivity index (χ0n) is 11.2. The van der Waals surface area contributed by atoms with E-state index in [9.17, 15) is 0 Å². The van der Waals surface area contributed by atoms with E-state index in [1.165, 1.54) is 10.8 Å². The molecule has 2 aromatic rings. The standard InChI is InChI=1S/C17H16INO/c18-11-1-2-12-20-17-9-7-16(8-10-17)15-5-3-14(13-19)4-6-15/h3-10H,1-2,11-12H2. The molecule has 0 saturated carbocycles. The van der Waals surface area contributed by atoms with Crippen LogP contribution < -0.4 is 4.74 Å². The van der Waals surface area contributed by atoms with Crippen LogP contribution in [-0.4, -0.2) is 11.0 Å². The van der Waals surface area contributed by atoms with E-state index in [1.807, 2.05) is 36.4 Å². The first kappa shape index (κ1) is 14.9. The van der Waals surface area contributed by atoms with Crippen molar-refractivity contribution in [3.05, 3.63) is 54.1 Å². The first-order valence-electron chi connectivity index (χ1n) is 6.63. The normalized spacial score (nSPS) is 10.0. The fraction of sp³-hybridized carbons (Fsp3) is 0.235. The smallest absolute Gasteiger partial charge is 0.119 e.